The maximum absolute atomic E-state index is 12.8. The molecule has 33 heavy (non-hydrogen) atoms. The van der Waals surface area contributed by atoms with Crippen molar-refractivity contribution in [2.24, 2.45) is 56.7 Å². The van der Waals surface area contributed by atoms with Crippen molar-refractivity contribution in [2.45, 2.75) is 112 Å². The number of hydrogen-bond acceptors (Lipinski definition) is 2. The van der Waals surface area contributed by atoms with Gasteiger partial charge >= 0.3 is 5.97 Å². The summed E-state index contributed by atoms with van der Waals surface area (Å²) < 4.78 is 0. The van der Waals surface area contributed by atoms with E-state index in [1.165, 1.54) is 18.4 Å². The standard InChI is InChI=1S/C30H48O3/c1-18-10-15-30(25(32)33)17-16-28(6)20(24(30)19(18)2)8-9-22-27(5)13-12-23(31)26(3,4)21(27)11-14-29(22,28)7/h8,18-19,21-24,31H,9-17H2,1-7H3,(H,32,33)/t18-,19+,21+,22+,23+,24+,27+,28+,29-,30-/m1/s1. The van der Waals surface area contributed by atoms with Crippen molar-refractivity contribution >= 4 is 5.97 Å². The maximum atomic E-state index is 12.8. The Morgan fingerprint density at radius 3 is 2.27 bits per heavy atom. The summed E-state index contributed by atoms with van der Waals surface area (Å²) in [5.41, 5.74) is 1.46. The molecule has 10 atom stereocenters. The largest absolute Gasteiger partial charge is 0.481 e. The van der Waals surface area contributed by atoms with Crippen LogP contribution in [0, 0.1) is 56.7 Å². The Bertz CT molecular complexity index is 874. The lowest BCUT2D eigenvalue weighted by atomic mass is 9.33. The summed E-state index contributed by atoms with van der Waals surface area (Å²) in [6.07, 6.45) is 11.6. The molecule has 0 bridgehead atoms. The summed E-state index contributed by atoms with van der Waals surface area (Å²) >= 11 is 0. The summed E-state index contributed by atoms with van der Waals surface area (Å²) in [4.78, 5) is 12.8. The number of carbonyl (C=O) groups is 1. The minimum Gasteiger partial charge on any atom is -0.481 e. The van der Waals surface area contributed by atoms with Crippen molar-refractivity contribution in [3.8, 4) is 0 Å². The number of allylic oxidation sites excluding steroid dienone is 2. The molecule has 4 fully saturated rings. The van der Waals surface area contributed by atoms with Crippen LogP contribution >= 0.6 is 0 Å². The van der Waals surface area contributed by atoms with Gasteiger partial charge < -0.3 is 10.2 Å². The Morgan fingerprint density at radius 2 is 1.61 bits per heavy atom. The van der Waals surface area contributed by atoms with Crippen LogP contribution in [0.15, 0.2) is 11.6 Å². The molecule has 5 aliphatic rings. The van der Waals surface area contributed by atoms with Gasteiger partial charge in [0, 0.05) is 0 Å². The molecule has 0 heterocycles. The quantitative estimate of drug-likeness (QED) is 0.414. The van der Waals surface area contributed by atoms with Crippen LogP contribution < -0.4 is 0 Å². The highest BCUT2D eigenvalue weighted by molar-refractivity contribution is 5.76. The monoisotopic (exact) mass is 456 g/mol. The predicted molar refractivity (Wildman–Crippen MR) is 133 cm³/mol. The van der Waals surface area contributed by atoms with Crippen LogP contribution in [-0.2, 0) is 4.79 Å². The van der Waals surface area contributed by atoms with Gasteiger partial charge in [-0.15, -0.1) is 0 Å². The van der Waals surface area contributed by atoms with E-state index in [1.807, 2.05) is 0 Å². The molecule has 0 amide bonds. The minimum absolute atomic E-state index is 0.0302. The highest BCUT2D eigenvalue weighted by atomic mass is 16.4. The first-order valence-corrected chi connectivity index (χ1v) is 13.9. The Morgan fingerprint density at radius 1 is 0.909 bits per heavy atom. The van der Waals surface area contributed by atoms with E-state index in [2.05, 4.69) is 54.5 Å². The average molecular weight is 457 g/mol. The number of hydrogen-bond donors (Lipinski definition) is 2. The first-order valence-electron chi connectivity index (χ1n) is 13.9. The molecular weight excluding hydrogens is 408 g/mol. The molecule has 4 saturated carbocycles. The van der Waals surface area contributed by atoms with Gasteiger partial charge in [0.2, 0.25) is 0 Å². The van der Waals surface area contributed by atoms with E-state index in [1.54, 1.807) is 0 Å². The number of aliphatic carboxylic acids is 1. The van der Waals surface area contributed by atoms with Crippen molar-refractivity contribution in [3.05, 3.63) is 11.6 Å². The second-order valence-electron chi connectivity index (χ2n) is 14.5. The topological polar surface area (TPSA) is 57.5 Å². The molecule has 0 aliphatic heterocycles. The van der Waals surface area contributed by atoms with Gasteiger partial charge in [-0.1, -0.05) is 60.1 Å². The van der Waals surface area contributed by atoms with Crippen molar-refractivity contribution in [1.29, 1.82) is 0 Å². The van der Waals surface area contributed by atoms with Crippen molar-refractivity contribution in [1.82, 2.24) is 0 Å². The number of carboxylic acid groups (broad SMARTS) is 1. The number of fused-ring (bicyclic) bond motifs is 7. The zero-order chi connectivity index (χ0) is 24.2. The fraction of sp³-hybridized carbons (Fsp3) is 0.900. The zero-order valence-electron chi connectivity index (χ0n) is 22.2. The van der Waals surface area contributed by atoms with E-state index in [-0.39, 0.29) is 33.7 Å². The highest BCUT2D eigenvalue weighted by Gasteiger charge is 2.69. The molecule has 0 aromatic carbocycles. The number of aliphatic hydroxyl groups is 1. The first-order chi connectivity index (χ1) is 15.3. The Balaban J connectivity index is 1.61. The first kappa shape index (κ1) is 23.9. The van der Waals surface area contributed by atoms with E-state index < -0.39 is 11.4 Å². The third-order valence-corrected chi connectivity index (χ3v) is 13.4. The summed E-state index contributed by atoms with van der Waals surface area (Å²) in [5, 5.41) is 21.4. The fourth-order valence-corrected chi connectivity index (χ4v) is 10.8. The second kappa shape index (κ2) is 7.11. The van der Waals surface area contributed by atoms with Gasteiger partial charge in [-0.05, 0) is 109 Å². The van der Waals surface area contributed by atoms with Crippen molar-refractivity contribution < 1.29 is 15.0 Å². The molecule has 0 radical (unpaired) electrons. The van der Waals surface area contributed by atoms with Crippen LogP contribution in [0.4, 0.5) is 0 Å². The molecule has 186 valence electrons. The molecule has 0 aromatic heterocycles. The molecule has 5 aliphatic carbocycles. The van der Waals surface area contributed by atoms with Gasteiger partial charge in [0.25, 0.3) is 0 Å². The lowest BCUT2D eigenvalue weighted by Crippen LogP contribution is -2.65. The van der Waals surface area contributed by atoms with Crippen molar-refractivity contribution in [3.63, 3.8) is 0 Å². The van der Waals surface area contributed by atoms with Gasteiger partial charge in [-0.25, -0.2) is 0 Å². The van der Waals surface area contributed by atoms with Crippen molar-refractivity contribution in [2.75, 3.05) is 0 Å². The molecule has 0 spiro atoms. The summed E-state index contributed by atoms with van der Waals surface area (Å²) in [7, 11) is 0. The number of carboxylic acids is 1. The third-order valence-electron chi connectivity index (χ3n) is 13.4. The minimum atomic E-state index is -0.557. The van der Waals surface area contributed by atoms with Crippen LogP contribution in [0.25, 0.3) is 0 Å². The average Bonchev–Trinajstić information content (AvgIpc) is 2.74. The Labute approximate surface area is 201 Å². The third kappa shape index (κ3) is 2.75. The van der Waals surface area contributed by atoms with Gasteiger partial charge in [-0.2, -0.15) is 0 Å². The molecule has 0 unspecified atom stereocenters. The van der Waals surface area contributed by atoms with Gasteiger partial charge in [0.1, 0.15) is 0 Å². The molecule has 0 aromatic rings. The maximum Gasteiger partial charge on any atom is 0.310 e. The summed E-state index contributed by atoms with van der Waals surface area (Å²) in [6, 6.07) is 0. The molecule has 3 nitrogen and oxygen atoms in total. The molecule has 3 heteroatoms. The highest BCUT2D eigenvalue weighted by Crippen LogP contribution is 2.75. The van der Waals surface area contributed by atoms with E-state index in [9.17, 15) is 15.0 Å². The second-order valence-corrected chi connectivity index (χ2v) is 14.5. The zero-order valence-corrected chi connectivity index (χ0v) is 22.2. The van der Waals surface area contributed by atoms with Crippen LogP contribution in [0.2, 0.25) is 0 Å². The number of aliphatic hydroxyl groups excluding tert-OH is 1. The van der Waals surface area contributed by atoms with Crippen LogP contribution in [-0.4, -0.2) is 22.3 Å². The lowest BCUT2D eigenvalue weighted by molar-refractivity contribution is -0.206. The summed E-state index contributed by atoms with van der Waals surface area (Å²) in [6.45, 7) is 17.0. The Hall–Kier alpha value is -0.830. The van der Waals surface area contributed by atoms with Gasteiger partial charge in [0.05, 0.1) is 11.5 Å². The SMILES string of the molecule is C[C@H]1[C@H](C)CC[C@@]2(C(=O)O)CC[C@@]3(C)C(=CC[C@H]4[C@@]5(C)CC[C@H](O)C(C)(C)[C@@H]5CC[C@]43C)[C@H]12. The van der Waals surface area contributed by atoms with E-state index >= 15 is 0 Å². The normalized spacial score (nSPS) is 55.3. The van der Waals surface area contributed by atoms with Gasteiger partial charge in [-0.3, -0.25) is 4.79 Å². The van der Waals surface area contributed by atoms with Crippen LogP contribution in [0.3, 0.4) is 0 Å². The molecule has 0 saturated heterocycles. The summed E-state index contributed by atoms with van der Waals surface area (Å²) in [5.74, 6) is 1.82. The Kier molecular flexibility index (Phi) is 5.15. The predicted octanol–water partition coefficient (Wildman–Crippen LogP) is 7.09. The van der Waals surface area contributed by atoms with Gasteiger partial charge in [0.15, 0.2) is 0 Å². The van der Waals surface area contributed by atoms with E-state index in [0.29, 0.717) is 23.7 Å². The van der Waals surface area contributed by atoms with E-state index in [0.717, 1.165) is 44.9 Å². The lowest BCUT2D eigenvalue weighted by Gasteiger charge is -2.71. The van der Waals surface area contributed by atoms with Crippen LogP contribution in [0.5, 0.6) is 0 Å². The smallest absolute Gasteiger partial charge is 0.310 e. The molecule has 2 N–H and O–H groups in total. The van der Waals surface area contributed by atoms with Crippen LogP contribution in [0.1, 0.15) is 106 Å². The number of rotatable bonds is 1. The molecular formula is C30H48O3. The molecule has 5 rings (SSSR count). The van der Waals surface area contributed by atoms with E-state index in [4.69, 9.17) is 0 Å². The fourth-order valence-electron chi connectivity index (χ4n) is 10.8.